The molecule has 1 aliphatic rings. The number of aryl methyl sites for hydroxylation is 1. The normalized spacial score (nSPS) is 17.5. The summed E-state index contributed by atoms with van der Waals surface area (Å²) >= 11 is 10.5. The van der Waals surface area contributed by atoms with Crippen molar-refractivity contribution in [2.75, 3.05) is 12.4 Å². The maximum absolute atomic E-state index is 12.7. The smallest absolute Gasteiger partial charge is 0.206 e. The number of sulfonamides is 1. The van der Waals surface area contributed by atoms with Gasteiger partial charge in [-0.25, -0.2) is 8.42 Å². The lowest BCUT2D eigenvalue weighted by molar-refractivity contribution is 0.337. The maximum Gasteiger partial charge on any atom is 0.252 e. The lowest BCUT2D eigenvalue weighted by Gasteiger charge is -2.26. The molecule has 19 heavy (non-hydrogen) atoms. The maximum atomic E-state index is 12.7. The molecule has 0 amide bonds. The molecular weight excluding hydrogens is 370 g/mol. The second-order valence-corrected chi connectivity index (χ2v) is 9.63. The summed E-state index contributed by atoms with van der Waals surface area (Å²) in [5.74, 6) is 0.335. The first-order valence-electron chi connectivity index (χ1n) is 6.30. The number of rotatable bonds is 5. The molecule has 0 saturated heterocycles. The van der Waals surface area contributed by atoms with Crippen LogP contribution in [-0.4, -0.2) is 31.2 Å². The number of hydrogen-bond acceptors (Lipinski definition) is 3. The Morgan fingerprint density at radius 1 is 1.47 bits per heavy atom. The van der Waals surface area contributed by atoms with Crippen LogP contribution < -0.4 is 0 Å². The zero-order chi connectivity index (χ0) is 14.0. The first-order valence-corrected chi connectivity index (χ1v) is 9.89. The van der Waals surface area contributed by atoms with Gasteiger partial charge in [0.25, 0.3) is 10.0 Å². The fourth-order valence-corrected chi connectivity index (χ4v) is 6.77. The van der Waals surface area contributed by atoms with Gasteiger partial charge in [-0.15, -0.1) is 22.9 Å². The second-order valence-electron chi connectivity index (χ2n) is 4.77. The van der Waals surface area contributed by atoms with E-state index in [4.69, 9.17) is 11.6 Å². The van der Waals surface area contributed by atoms with Gasteiger partial charge in [-0.2, -0.15) is 4.31 Å². The van der Waals surface area contributed by atoms with E-state index in [1.165, 1.54) is 11.3 Å². The molecule has 0 bridgehead atoms. The molecule has 0 aliphatic heterocycles. The number of hydrogen-bond donors (Lipinski definition) is 0. The zero-order valence-electron chi connectivity index (χ0n) is 10.7. The van der Waals surface area contributed by atoms with Crippen LogP contribution in [0.1, 0.15) is 31.2 Å². The molecule has 7 heteroatoms. The highest BCUT2D eigenvalue weighted by Crippen LogP contribution is 2.35. The van der Waals surface area contributed by atoms with Crippen molar-refractivity contribution >= 4 is 48.9 Å². The highest BCUT2D eigenvalue weighted by Gasteiger charge is 2.33. The van der Waals surface area contributed by atoms with E-state index in [2.05, 4.69) is 15.9 Å². The van der Waals surface area contributed by atoms with Crippen LogP contribution in [0.4, 0.5) is 0 Å². The van der Waals surface area contributed by atoms with Gasteiger partial charge in [0.05, 0.1) is 3.79 Å². The summed E-state index contributed by atoms with van der Waals surface area (Å²) in [5, 5.41) is 0. The molecule has 0 aromatic carbocycles. The van der Waals surface area contributed by atoms with E-state index in [0.29, 0.717) is 16.6 Å². The second kappa shape index (κ2) is 6.43. The lowest BCUT2D eigenvalue weighted by atomic mass is 10.2. The molecule has 1 fully saturated rings. The summed E-state index contributed by atoms with van der Waals surface area (Å²) < 4.78 is 28.4. The molecule has 1 aromatic heterocycles. The van der Waals surface area contributed by atoms with Gasteiger partial charge >= 0.3 is 0 Å². The summed E-state index contributed by atoms with van der Waals surface area (Å²) in [4.78, 5) is 0. The Balaban J connectivity index is 2.33. The summed E-state index contributed by atoms with van der Waals surface area (Å²) in [6.45, 7) is 2.30. The van der Waals surface area contributed by atoms with Crippen molar-refractivity contribution in [3.63, 3.8) is 0 Å². The van der Waals surface area contributed by atoms with Crippen molar-refractivity contribution < 1.29 is 8.42 Å². The van der Waals surface area contributed by atoms with Gasteiger partial charge < -0.3 is 0 Å². The fourth-order valence-electron chi connectivity index (χ4n) is 2.45. The minimum Gasteiger partial charge on any atom is -0.206 e. The van der Waals surface area contributed by atoms with E-state index in [1.807, 2.05) is 6.92 Å². The molecule has 1 saturated carbocycles. The van der Waals surface area contributed by atoms with Gasteiger partial charge in [-0.05, 0) is 47.3 Å². The summed E-state index contributed by atoms with van der Waals surface area (Å²) in [5.41, 5.74) is 0.959. The third-order valence-corrected chi connectivity index (χ3v) is 8.14. The van der Waals surface area contributed by atoms with Crippen molar-refractivity contribution in [1.29, 1.82) is 0 Å². The minimum absolute atomic E-state index is 0.116. The van der Waals surface area contributed by atoms with E-state index in [9.17, 15) is 8.42 Å². The van der Waals surface area contributed by atoms with Crippen LogP contribution in [0.25, 0.3) is 0 Å². The van der Waals surface area contributed by atoms with Crippen molar-refractivity contribution in [2.45, 2.75) is 42.9 Å². The van der Waals surface area contributed by atoms with E-state index in [0.717, 1.165) is 35.0 Å². The van der Waals surface area contributed by atoms with Crippen molar-refractivity contribution in [1.82, 2.24) is 4.31 Å². The van der Waals surface area contributed by atoms with Gasteiger partial charge in [-0.3, -0.25) is 0 Å². The van der Waals surface area contributed by atoms with Gasteiger partial charge in [0, 0.05) is 18.5 Å². The summed E-state index contributed by atoms with van der Waals surface area (Å²) in [6, 6.07) is 1.85. The molecule has 0 unspecified atom stereocenters. The zero-order valence-corrected chi connectivity index (χ0v) is 14.7. The largest absolute Gasteiger partial charge is 0.252 e. The number of halogens is 2. The molecule has 0 atom stereocenters. The standard InChI is InChI=1S/C12H17BrClNO2S2/c1-9-8-11(18-12(9)13)19(16,17)15(7-6-14)10-4-2-3-5-10/h8,10H,2-7H2,1H3. The van der Waals surface area contributed by atoms with Crippen LogP contribution in [0.3, 0.4) is 0 Å². The minimum atomic E-state index is -3.41. The molecule has 0 radical (unpaired) electrons. The van der Waals surface area contributed by atoms with Crippen LogP contribution in [0.15, 0.2) is 14.1 Å². The van der Waals surface area contributed by atoms with Crippen molar-refractivity contribution in [3.05, 3.63) is 15.4 Å². The van der Waals surface area contributed by atoms with Crippen molar-refractivity contribution in [2.24, 2.45) is 0 Å². The Morgan fingerprint density at radius 2 is 2.11 bits per heavy atom. The Morgan fingerprint density at radius 3 is 2.58 bits per heavy atom. The van der Waals surface area contributed by atoms with Crippen LogP contribution in [-0.2, 0) is 10.0 Å². The van der Waals surface area contributed by atoms with Gasteiger partial charge in [-0.1, -0.05) is 12.8 Å². The molecule has 1 heterocycles. The SMILES string of the molecule is Cc1cc(S(=O)(=O)N(CCCl)C2CCCC2)sc1Br. The predicted octanol–water partition coefficient (Wildman–Crippen LogP) is 3.99. The highest BCUT2D eigenvalue weighted by molar-refractivity contribution is 9.11. The predicted molar refractivity (Wildman–Crippen MR) is 83.6 cm³/mol. The molecule has 3 nitrogen and oxygen atoms in total. The number of nitrogens with zero attached hydrogens (tertiary/aromatic N) is 1. The first kappa shape index (κ1) is 15.8. The summed E-state index contributed by atoms with van der Waals surface area (Å²) in [7, 11) is -3.41. The average Bonchev–Trinajstić information content (AvgIpc) is 2.97. The molecule has 2 rings (SSSR count). The van der Waals surface area contributed by atoms with Crippen LogP contribution in [0.5, 0.6) is 0 Å². The monoisotopic (exact) mass is 385 g/mol. The van der Waals surface area contributed by atoms with E-state index >= 15 is 0 Å². The molecule has 0 spiro atoms. The van der Waals surface area contributed by atoms with Crippen molar-refractivity contribution in [3.8, 4) is 0 Å². The Hall–Kier alpha value is 0.380. The van der Waals surface area contributed by atoms with E-state index < -0.39 is 10.0 Å². The molecule has 1 aliphatic carbocycles. The van der Waals surface area contributed by atoms with Crippen LogP contribution in [0.2, 0.25) is 0 Å². The molecule has 1 aromatic rings. The summed E-state index contributed by atoms with van der Waals surface area (Å²) in [6.07, 6.45) is 4.10. The van der Waals surface area contributed by atoms with E-state index in [1.54, 1.807) is 10.4 Å². The Bertz CT molecular complexity index is 518. The number of alkyl halides is 1. The lowest BCUT2D eigenvalue weighted by Crippen LogP contribution is -2.39. The Labute approximate surface area is 132 Å². The Kier molecular flexibility index (Phi) is 5.34. The third kappa shape index (κ3) is 3.35. The highest BCUT2D eigenvalue weighted by atomic mass is 79.9. The van der Waals surface area contributed by atoms with Gasteiger partial charge in [0.2, 0.25) is 0 Å². The first-order chi connectivity index (χ1) is 8.96. The third-order valence-electron chi connectivity index (χ3n) is 3.43. The quantitative estimate of drug-likeness (QED) is 0.717. The van der Waals surface area contributed by atoms with Gasteiger partial charge in [0.15, 0.2) is 0 Å². The van der Waals surface area contributed by atoms with E-state index in [-0.39, 0.29) is 6.04 Å². The van der Waals surface area contributed by atoms with Crippen LogP contribution in [0, 0.1) is 6.92 Å². The number of thiophene rings is 1. The van der Waals surface area contributed by atoms with Gasteiger partial charge in [0.1, 0.15) is 4.21 Å². The van der Waals surface area contributed by atoms with Crippen LogP contribution >= 0.6 is 38.9 Å². The average molecular weight is 387 g/mol. The molecule has 108 valence electrons. The molecule has 0 N–H and O–H groups in total. The topological polar surface area (TPSA) is 37.4 Å². The fraction of sp³-hybridized carbons (Fsp3) is 0.667. The molecular formula is C12H17BrClNO2S2.